The van der Waals surface area contributed by atoms with Crippen molar-refractivity contribution in [2.45, 2.75) is 30.4 Å². The molecule has 2 rings (SSSR count). The second-order valence-electron chi connectivity index (χ2n) is 4.16. The van der Waals surface area contributed by atoms with Crippen LogP contribution in [0.3, 0.4) is 0 Å². The van der Waals surface area contributed by atoms with Crippen LogP contribution in [-0.4, -0.2) is 38.5 Å². The molecule has 2 heterocycles. The van der Waals surface area contributed by atoms with Gasteiger partial charge in [-0.1, -0.05) is 0 Å². The molecule has 14 heavy (non-hydrogen) atoms. The fourth-order valence-electron chi connectivity index (χ4n) is 1.83. The van der Waals surface area contributed by atoms with Crippen molar-refractivity contribution in [2.24, 2.45) is 5.92 Å². The Kier molecular flexibility index (Phi) is 1.77. The van der Waals surface area contributed by atoms with Gasteiger partial charge in [0.1, 0.15) is 0 Å². The Morgan fingerprint density at radius 1 is 1.79 bits per heavy atom. The monoisotopic (exact) mass is 216 g/mol. The number of aliphatic carboxylic acids is 1. The summed E-state index contributed by atoms with van der Waals surface area (Å²) < 4.78 is 7.12. The fraction of sp³-hybridized carbons (Fsp3) is 0.778. The van der Waals surface area contributed by atoms with Crippen LogP contribution in [0.1, 0.15) is 21.6 Å². The van der Waals surface area contributed by atoms with E-state index in [2.05, 4.69) is 0 Å². The van der Waals surface area contributed by atoms with Gasteiger partial charge in [-0.3, -0.25) is 9.59 Å². The lowest BCUT2D eigenvalue weighted by atomic mass is 9.92. The van der Waals surface area contributed by atoms with Crippen molar-refractivity contribution in [2.75, 3.05) is 6.54 Å². The number of fused-ring (bicyclic) bond motifs is 1. The summed E-state index contributed by atoms with van der Waals surface area (Å²) >= 11 is 1.42. The zero-order valence-electron chi connectivity index (χ0n) is 9.06. The Balaban J connectivity index is 2.19. The summed E-state index contributed by atoms with van der Waals surface area (Å²) in [5, 5.41) is 8.91. The molecule has 1 N–H and O–H groups in total. The van der Waals surface area contributed by atoms with E-state index in [4.69, 9.17) is 6.48 Å². The van der Waals surface area contributed by atoms with E-state index in [0.717, 1.165) is 0 Å². The van der Waals surface area contributed by atoms with Crippen LogP contribution >= 0.6 is 11.8 Å². The predicted molar refractivity (Wildman–Crippen MR) is 52.9 cm³/mol. The number of carbonyl (C=O) groups excluding carboxylic acids is 1. The van der Waals surface area contributed by atoms with Gasteiger partial charge in [0.25, 0.3) is 0 Å². The van der Waals surface area contributed by atoms with Crippen LogP contribution in [0.4, 0.5) is 0 Å². The molecule has 2 fully saturated rings. The van der Waals surface area contributed by atoms with E-state index in [-0.39, 0.29) is 17.8 Å². The van der Waals surface area contributed by atoms with Crippen LogP contribution in [0, 0.1) is 5.92 Å². The molecule has 2 saturated heterocycles. The Morgan fingerprint density at radius 3 is 3.00 bits per heavy atom. The molecule has 78 valence electrons. The molecule has 1 amide bonds. The molecule has 0 radical (unpaired) electrons. The Labute approximate surface area is 88.1 Å². The van der Waals surface area contributed by atoms with E-state index in [1.807, 2.05) is 13.8 Å². The van der Waals surface area contributed by atoms with Crippen LogP contribution in [0.15, 0.2) is 0 Å². The van der Waals surface area contributed by atoms with Gasteiger partial charge >= 0.3 is 5.97 Å². The lowest BCUT2D eigenvalue weighted by molar-refractivity contribution is -0.150. The smallest absolute Gasteiger partial charge is 0.309 e. The van der Waals surface area contributed by atoms with E-state index in [1.165, 1.54) is 16.7 Å². The first-order chi connectivity index (χ1) is 6.84. The Bertz CT molecular complexity index is 333. The molecule has 1 unspecified atom stereocenters. The minimum absolute atomic E-state index is 0.150. The molecular formula is C9H13NO3S. The first kappa shape index (κ1) is 8.59. The van der Waals surface area contributed by atoms with E-state index in [0.29, 0.717) is 0 Å². The molecule has 4 nitrogen and oxygen atoms in total. The first-order valence-electron chi connectivity index (χ1n) is 5.05. The number of β-lactam (4-membered cyclic amide) rings is 1. The van der Waals surface area contributed by atoms with Crippen LogP contribution in [-0.2, 0) is 9.59 Å². The number of amides is 1. The normalized spacial score (nSPS) is 41.0. The highest BCUT2D eigenvalue weighted by Crippen LogP contribution is 2.47. The maximum atomic E-state index is 11.3. The van der Waals surface area contributed by atoms with Gasteiger partial charge in [-0.2, -0.15) is 0 Å². The van der Waals surface area contributed by atoms with Gasteiger partial charge in [-0.15, -0.1) is 11.8 Å². The molecule has 0 aromatic carbocycles. The molecule has 0 bridgehead atoms. The van der Waals surface area contributed by atoms with Gasteiger partial charge in [0, 0.05) is 12.7 Å². The summed E-state index contributed by atoms with van der Waals surface area (Å²) in [6.07, 6.45) is -0.705. The summed E-state index contributed by atoms with van der Waals surface area (Å²) in [6.45, 7) is 3.97. The number of carboxylic acids is 1. The molecular weight excluding hydrogens is 202 g/mol. The van der Waals surface area contributed by atoms with Crippen molar-refractivity contribution in [3.63, 3.8) is 0 Å². The average Bonchev–Trinajstić information content (AvgIpc) is 2.14. The summed E-state index contributed by atoms with van der Waals surface area (Å²) in [7, 11) is 0. The number of rotatable bonds is 1. The molecule has 2 aliphatic rings. The molecule has 5 heteroatoms. The third kappa shape index (κ3) is 1.30. The predicted octanol–water partition coefficient (Wildman–Crippen LogP) is 0.771. The van der Waals surface area contributed by atoms with E-state index >= 15 is 0 Å². The van der Waals surface area contributed by atoms with Crippen molar-refractivity contribution in [1.82, 2.24) is 4.90 Å². The zero-order valence-corrected chi connectivity index (χ0v) is 8.87. The number of carbonyl (C=O) groups is 2. The Morgan fingerprint density at radius 2 is 2.43 bits per heavy atom. The van der Waals surface area contributed by atoms with Gasteiger partial charge in [-0.05, 0) is 13.8 Å². The topological polar surface area (TPSA) is 57.6 Å². The maximum absolute atomic E-state index is 11.3. The van der Waals surface area contributed by atoms with Crippen molar-refractivity contribution in [3.8, 4) is 0 Å². The molecule has 2 aliphatic heterocycles. The molecule has 0 aromatic heterocycles. The average molecular weight is 216 g/mol. The summed E-state index contributed by atoms with van der Waals surface area (Å²) in [5.74, 6) is -1.66. The van der Waals surface area contributed by atoms with Gasteiger partial charge in [0.2, 0.25) is 5.91 Å². The maximum Gasteiger partial charge on any atom is 0.309 e. The molecule has 0 spiro atoms. The van der Waals surface area contributed by atoms with Crippen LogP contribution in [0.25, 0.3) is 0 Å². The second kappa shape index (κ2) is 2.89. The van der Waals surface area contributed by atoms with Gasteiger partial charge < -0.3 is 10.0 Å². The molecule has 0 saturated carbocycles. The minimum atomic E-state index is -0.868. The van der Waals surface area contributed by atoms with Crippen LogP contribution < -0.4 is 0 Å². The summed E-state index contributed by atoms with van der Waals surface area (Å²) in [6, 6.07) is 0. The minimum Gasteiger partial charge on any atom is -0.481 e. The summed E-state index contributed by atoms with van der Waals surface area (Å²) in [4.78, 5) is 23.8. The first-order valence-corrected chi connectivity index (χ1v) is 5.36. The number of hydrogen-bond acceptors (Lipinski definition) is 3. The third-order valence-electron chi connectivity index (χ3n) is 2.82. The third-order valence-corrected chi connectivity index (χ3v) is 4.34. The summed E-state index contributed by atoms with van der Waals surface area (Å²) in [5.41, 5.74) is 0. The number of thioether (sulfide) groups is 1. The van der Waals surface area contributed by atoms with E-state index < -0.39 is 23.0 Å². The van der Waals surface area contributed by atoms with Crippen molar-refractivity contribution < 1.29 is 16.1 Å². The van der Waals surface area contributed by atoms with Gasteiger partial charge in [0.05, 0.1) is 17.7 Å². The molecule has 0 aliphatic carbocycles. The highest BCUT2D eigenvalue weighted by Gasteiger charge is 2.51. The van der Waals surface area contributed by atoms with Crippen molar-refractivity contribution in [1.29, 1.82) is 0 Å². The Hall–Kier alpha value is -0.710. The van der Waals surface area contributed by atoms with E-state index in [9.17, 15) is 9.59 Å². The highest BCUT2D eigenvalue weighted by molar-refractivity contribution is 8.01. The van der Waals surface area contributed by atoms with Gasteiger partial charge in [0.15, 0.2) is 0 Å². The second-order valence-corrected chi connectivity index (χ2v) is 5.93. The van der Waals surface area contributed by atoms with Crippen molar-refractivity contribution >= 4 is 23.6 Å². The van der Waals surface area contributed by atoms with Crippen LogP contribution in [0.2, 0.25) is 0 Å². The van der Waals surface area contributed by atoms with E-state index in [1.54, 1.807) is 0 Å². The largest absolute Gasteiger partial charge is 0.481 e. The zero-order chi connectivity index (χ0) is 11.4. The lowest BCUT2D eigenvalue weighted by Gasteiger charge is -2.51. The standard InChI is InChI=1S/C9H13NO3S/c1-9(2)5(8(12)13)4-10-6(11)3-7(10)14-9/h5,7H,3-4H2,1-2H3,(H,12,13)/t5-,7+/m0/s1/i3D/t3?,5-,7+. The molecule has 3 atom stereocenters. The lowest BCUT2D eigenvalue weighted by Crippen LogP contribution is -2.61. The SMILES string of the molecule is [2H]C1C(=O)N2C[C@@H](C(=O)O)C(C)(C)S[C@H]12. The van der Waals surface area contributed by atoms with Gasteiger partial charge in [-0.25, -0.2) is 0 Å². The molecule has 0 aromatic rings. The quantitative estimate of drug-likeness (QED) is 0.658. The number of carboxylic acid groups (broad SMARTS) is 1. The number of nitrogens with zero attached hydrogens (tertiary/aromatic N) is 1. The van der Waals surface area contributed by atoms with Crippen molar-refractivity contribution in [3.05, 3.63) is 0 Å². The van der Waals surface area contributed by atoms with Crippen LogP contribution in [0.5, 0.6) is 0 Å². The number of hydrogen-bond donors (Lipinski definition) is 1. The highest BCUT2D eigenvalue weighted by atomic mass is 32.2. The fourth-order valence-corrected chi connectivity index (χ4v) is 3.29.